The number of para-hydroxylation sites is 1. The van der Waals surface area contributed by atoms with Gasteiger partial charge < -0.3 is 15.4 Å². The number of amides is 2. The zero-order valence-corrected chi connectivity index (χ0v) is 17.3. The average Bonchev–Trinajstić information content (AvgIpc) is 3.53. The molecule has 2 N–H and O–H groups in total. The van der Waals surface area contributed by atoms with Gasteiger partial charge >= 0.3 is 0 Å². The molecule has 0 aromatic heterocycles. The van der Waals surface area contributed by atoms with Crippen LogP contribution in [-0.4, -0.2) is 43.0 Å². The third kappa shape index (κ3) is 6.06. The van der Waals surface area contributed by atoms with Gasteiger partial charge in [-0.3, -0.25) is 14.5 Å². The Bertz CT molecular complexity index is 857. The molecule has 2 aromatic carbocycles. The number of anilines is 2. The van der Waals surface area contributed by atoms with E-state index in [-0.39, 0.29) is 11.8 Å². The maximum Gasteiger partial charge on any atom is 0.238 e. The number of rotatable bonds is 9. The number of carbonyl (C=O) groups excluding carboxylic acids is 2. The molecule has 3 rings (SSSR count). The van der Waals surface area contributed by atoms with E-state index in [0.717, 1.165) is 29.7 Å². The number of aryl methyl sites for hydroxylation is 2. The molecule has 2 amide bonds. The lowest BCUT2D eigenvalue weighted by atomic mass is 10.1. The van der Waals surface area contributed by atoms with Gasteiger partial charge in [0.15, 0.2) is 0 Å². The fourth-order valence-corrected chi connectivity index (χ4v) is 3.37. The van der Waals surface area contributed by atoms with Gasteiger partial charge in [-0.2, -0.15) is 0 Å². The van der Waals surface area contributed by atoms with Gasteiger partial charge in [-0.1, -0.05) is 24.3 Å². The molecule has 0 aliphatic heterocycles. The summed E-state index contributed by atoms with van der Waals surface area (Å²) in [6, 6.07) is 13.6. The summed E-state index contributed by atoms with van der Waals surface area (Å²) in [7, 11) is 1.60. The fraction of sp³-hybridized carbons (Fsp3) is 0.391. The van der Waals surface area contributed by atoms with E-state index < -0.39 is 0 Å². The predicted octanol–water partition coefficient (Wildman–Crippen LogP) is 3.74. The van der Waals surface area contributed by atoms with Crippen molar-refractivity contribution in [1.82, 2.24) is 4.90 Å². The van der Waals surface area contributed by atoms with Gasteiger partial charge in [0.1, 0.15) is 5.75 Å². The van der Waals surface area contributed by atoms with Crippen LogP contribution in [-0.2, 0) is 9.59 Å². The van der Waals surface area contributed by atoms with E-state index in [1.165, 1.54) is 0 Å². The second-order valence-electron chi connectivity index (χ2n) is 7.55. The molecule has 1 saturated carbocycles. The predicted molar refractivity (Wildman–Crippen MR) is 115 cm³/mol. The Morgan fingerprint density at radius 1 is 1.03 bits per heavy atom. The van der Waals surface area contributed by atoms with Gasteiger partial charge in [-0.05, 0) is 49.9 Å². The highest BCUT2D eigenvalue weighted by Gasteiger charge is 2.30. The first-order chi connectivity index (χ1) is 14.0. The lowest BCUT2D eigenvalue weighted by Gasteiger charge is -2.22. The van der Waals surface area contributed by atoms with Crippen molar-refractivity contribution in [2.24, 2.45) is 0 Å². The molecule has 0 bridgehead atoms. The molecular formula is C23H29N3O3. The van der Waals surface area contributed by atoms with Crippen molar-refractivity contribution in [2.75, 3.05) is 30.8 Å². The van der Waals surface area contributed by atoms with Crippen LogP contribution in [0.25, 0.3) is 0 Å². The summed E-state index contributed by atoms with van der Waals surface area (Å²) in [4.78, 5) is 27.1. The number of benzene rings is 2. The first-order valence-corrected chi connectivity index (χ1v) is 10.0. The Balaban J connectivity index is 1.52. The third-order valence-electron chi connectivity index (χ3n) is 5.14. The molecule has 0 atom stereocenters. The van der Waals surface area contributed by atoms with Crippen molar-refractivity contribution in [3.8, 4) is 5.75 Å². The van der Waals surface area contributed by atoms with Crippen molar-refractivity contribution in [3.63, 3.8) is 0 Å². The average molecular weight is 396 g/mol. The first kappa shape index (κ1) is 20.9. The molecule has 154 valence electrons. The van der Waals surface area contributed by atoms with Crippen LogP contribution in [0.15, 0.2) is 42.5 Å². The molecule has 0 heterocycles. The Morgan fingerprint density at radius 3 is 2.38 bits per heavy atom. The SMILES string of the molecule is COc1cccc(NC(=O)CCN(CC(=O)Nc2c(C)cccc2C)C2CC2)c1. The van der Waals surface area contributed by atoms with E-state index in [1.807, 2.05) is 50.2 Å². The second kappa shape index (κ2) is 9.56. The van der Waals surface area contributed by atoms with Gasteiger partial charge in [0.25, 0.3) is 0 Å². The summed E-state index contributed by atoms with van der Waals surface area (Å²) >= 11 is 0. The number of nitrogens with one attached hydrogen (secondary N) is 2. The topological polar surface area (TPSA) is 70.7 Å². The van der Waals surface area contributed by atoms with Crippen LogP contribution in [0.2, 0.25) is 0 Å². The van der Waals surface area contributed by atoms with Gasteiger partial charge in [0, 0.05) is 36.4 Å². The van der Waals surface area contributed by atoms with E-state index in [2.05, 4.69) is 15.5 Å². The molecule has 0 spiro atoms. The van der Waals surface area contributed by atoms with E-state index in [4.69, 9.17) is 4.74 Å². The van der Waals surface area contributed by atoms with Gasteiger partial charge in [-0.15, -0.1) is 0 Å². The Hall–Kier alpha value is -2.86. The monoisotopic (exact) mass is 395 g/mol. The van der Waals surface area contributed by atoms with Gasteiger partial charge in [-0.25, -0.2) is 0 Å². The number of carbonyl (C=O) groups is 2. The van der Waals surface area contributed by atoms with Crippen LogP contribution < -0.4 is 15.4 Å². The van der Waals surface area contributed by atoms with E-state index in [9.17, 15) is 9.59 Å². The maximum atomic E-state index is 12.6. The van der Waals surface area contributed by atoms with Crippen LogP contribution in [0.4, 0.5) is 11.4 Å². The quantitative estimate of drug-likeness (QED) is 0.679. The zero-order chi connectivity index (χ0) is 20.8. The lowest BCUT2D eigenvalue weighted by molar-refractivity contribution is -0.119. The molecule has 6 nitrogen and oxygen atoms in total. The second-order valence-corrected chi connectivity index (χ2v) is 7.55. The summed E-state index contributed by atoms with van der Waals surface area (Å²) in [5.74, 6) is 0.590. The molecular weight excluding hydrogens is 366 g/mol. The lowest BCUT2D eigenvalue weighted by Crippen LogP contribution is -2.37. The standard InChI is InChI=1S/C23H29N3O3/c1-16-6-4-7-17(2)23(16)25-22(28)15-26(19-10-11-19)13-12-21(27)24-18-8-5-9-20(14-18)29-3/h4-9,14,19H,10-13,15H2,1-3H3,(H,24,27)(H,25,28). The van der Waals surface area contributed by atoms with Crippen molar-refractivity contribution < 1.29 is 14.3 Å². The molecule has 29 heavy (non-hydrogen) atoms. The number of methoxy groups -OCH3 is 1. The molecule has 1 aliphatic rings. The van der Waals surface area contributed by atoms with Crippen molar-refractivity contribution in [3.05, 3.63) is 53.6 Å². The summed E-state index contributed by atoms with van der Waals surface area (Å²) < 4.78 is 5.18. The molecule has 6 heteroatoms. The maximum absolute atomic E-state index is 12.6. The Kier molecular flexibility index (Phi) is 6.88. The number of ether oxygens (including phenoxy) is 1. The first-order valence-electron chi connectivity index (χ1n) is 10.0. The highest BCUT2D eigenvalue weighted by Crippen LogP contribution is 2.27. The smallest absolute Gasteiger partial charge is 0.238 e. The summed E-state index contributed by atoms with van der Waals surface area (Å²) in [6.45, 7) is 4.83. The Morgan fingerprint density at radius 2 is 1.72 bits per heavy atom. The zero-order valence-electron chi connectivity index (χ0n) is 17.3. The fourth-order valence-electron chi connectivity index (χ4n) is 3.37. The van der Waals surface area contributed by atoms with Crippen LogP contribution in [0.5, 0.6) is 5.75 Å². The van der Waals surface area contributed by atoms with E-state index >= 15 is 0 Å². The van der Waals surface area contributed by atoms with Crippen LogP contribution in [0.1, 0.15) is 30.4 Å². The molecule has 1 fully saturated rings. The highest BCUT2D eigenvalue weighted by molar-refractivity contribution is 5.94. The normalized spacial score (nSPS) is 13.2. The van der Waals surface area contributed by atoms with E-state index in [1.54, 1.807) is 13.2 Å². The molecule has 0 radical (unpaired) electrons. The molecule has 2 aromatic rings. The summed E-state index contributed by atoms with van der Waals surface area (Å²) in [5.41, 5.74) is 3.69. The van der Waals surface area contributed by atoms with Crippen LogP contribution >= 0.6 is 0 Å². The number of hydrogen-bond acceptors (Lipinski definition) is 4. The minimum Gasteiger partial charge on any atom is -0.497 e. The van der Waals surface area contributed by atoms with Crippen molar-refractivity contribution >= 4 is 23.2 Å². The van der Waals surface area contributed by atoms with Gasteiger partial charge in [0.2, 0.25) is 11.8 Å². The molecule has 0 saturated heterocycles. The minimum atomic E-state index is -0.0703. The number of nitrogens with zero attached hydrogens (tertiary/aromatic N) is 1. The summed E-state index contributed by atoms with van der Waals surface area (Å²) in [5, 5.41) is 5.93. The van der Waals surface area contributed by atoms with Gasteiger partial charge in [0.05, 0.1) is 13.7 Å². The third-order valence-corrected chi connectivity index (χ3v) is 5.14. The van der Waals surface area contributed by atoms with Crippen molar-refractivity contribution in [2.45, 2.75) is 39.2 Å². The molecule has 0 unspecified atom stereocenters. The molecule has 1 aliphatic carbocycles. The minimum absolute atomic E-state index is 0.0393. The number of hydrogen-bond donors (Lipinski definition) is 2. The largest absolute Gasteiger partial charge is 0.497 e. The Labute approximate surface area is 172 Å². The summed E-state index contributed by atoms with van der Waals surface area (Å²) in [6.07, 6.45) is 2.49. The van der Waals surface area contributed by atoms with E-state index in [0.29, 0.717) is 37.0 Å². The van der Waals surface area contributed by atoms with Crippen LogP contribution in [0.3, 0.4) is 0 Å². The van der Waals surface area contributed by atoms with Crippen molar-refractivity contribution in [1.29, 1.82) is 0 Å². The van der Waals surface area contributed by atoms with Crippen LogP contribution in [0, 0.1) is 13.8 Å². The highest BCUT2D eigenvalue weighted by atomic mass is 16.5.